The summed E-state index contributed by atoms with van der Waals surface area (Å²) in [6, 6.07) is 13.3. The summed E-state index contributed by atoms with van der Waals surface area (Å²) in [5, 5.41) is 9.69. The van der Waals surface area contributed by atoms with E-state index in [-0.39, 0.29) is 36.0 Å². The van der Waals surface area contributed by atoms with Gasteiger partial charge in [0, 0.05) is 56.3 Å². The van der Waals surface area contributed by atoms with E-state index in [4.69, 9.17) is 21.6 Å². The highest BCUT2D eigenvalue weighted by Gasteiger charge is 2.42. The van der Waals surface area contributed by atoms with Gasteiger partial charge in [0.05, 0.1) is 11.6 Å². The summed E-state index contributed by atoms with van der Waals surface area (Å²) in [5.41, 5.74) is 1.60. The first-order valence-electron chi connectivity index (χ1n) is 14.4. The van der Waals surface area contributed by atoms with Crippen molar-refractivity contribution in [1.29, 1.82) is 5.26 Å². The number of carbonyl (C=O) groups excluding carboxylic acids is 2. The van der Waals surface area contributed by atoms with Gasteiger partial charge < -0.3 is 19.4 Å². The lowest BCUT2D eigenvalue weighted by Crippen LogP contribution is -2.45. The summed E-state index contributed by atoms with van der Waals surface area (Å²) in [6.45, 7) is 4.76. The first-order chi connectivity index (χ1) is 19.3. The third-order valence-electron chi connectivity index (χ3n) is 8.96. The Labute approximate surface area is 241 Å². The van der Waals surface area contributed by atoms with Gasteiger partial charge in [0.25, 0.3) is 0 Å². The van der Waals surface area contributed by atoms with Gasteiger partial charge >= 0.3 is 6.09 Å². The molecule has 3 fully saturated rings. The van der Waals surface area contributed by atoms with Crippen LogP contribution in [-0.4, -0.2) is 72.2 Å². The van der Waals surface area contributed by atoms with Gasteiger partial charge in [0.1, 0.15) is 18.0 Å². The van der Waals surface area contributed by atoms with Crippen molar-refractivity contribution in [2.45, 2.75) is 63.5 Å². The van der Waals surface area contributed by atoms with Crippen LogP contribution in [0.15, 0.2) is 42.6 Å². The molecule has 0 radical (unpaired) electrons. The smallest absolute Gasteiger partial charge is 0.410 e. The third kappa shape index (κ3) is 6.36. The molecule has 2 atom stereocenters. The molecule has 212 valence electrons. The van der Waals surface area contributed by atoms with Crippen LogP contribution in [-0.2, 0) is 9.53 Å². The molecule has 2 aromatic rings. The third-order valence-corrected chi connectivity index (χ3v) is 9.21. The number of amides is 2. The van der Waals surface area contributed by atoms with Crippen LogP contribution in [0.1, 0.15) is 62.5 Å². The molecule has 0 bridgehead atoms. The number of likely N-dealkylation sites (tertiary alicyclic amines) is 1. The molecular formula is C31H38ClN5O3. The monoisotopic (exact) mass is 563 g/mol. The molecule has 1 aliphatic carbocycles. The zero-order chi connectivity index (χ0) is 28.2. The van der Waals surface area contributed by atoms with Crippen molar-refractivity contribution in [3.63, 3.8) is 0 Å². The van der Waals surface area contributed by atoms with Gasteiger partial charge in [-0.1, -0.05) is 30.7 Å². The Hall–Kier alpha value is -3.31. The zero-order valence-electron chi connectivity index (χ0n) is 23.3. The fourth-order valence-electron chi connectivity index (χ4n) is 6.36. The fraction of sp³-hybridized carbons (Fsp3) is 0.548. The molecule has 2 aliphatic heterocycles. The number of nitriles is 1. The lowest BCUT2D eigenvalue weighted by molar-refractivity contribution is -0.135. The van der Waals surface area contributed by atoms with Crippen LogP contribution in [0.5, 0.6) is 0 Å². The number of hydrogen-bond donors (Lipinski definition) is 0. The van der Waals surface area contributed by atoms with Crippen molar-refractivity contribution < 1.29 is 14.3 Å². The quantitative estimate of drug-likeness (QED) is 0.479. The Bertz CT molecular complexity index is 1220. The Balaban J connectivity index is 1.24. The molecule has 1 saturated carbocycles. The number of hydrogen-bond acceptors (Lipinski definition) is 6. The maximum absolute atomic E-state index is 13.7. The molecule has 40 heavy (non-hydrogen) atoms. The molecule has 0 spiro atoms. The summed E-state index contributed by atoms with van der Waals surface area (Å²) < 4.78 is 5.93. The van der Waals surface area contributed by atoms with E-state index in [1.807, 2.05) is 35.2 Å². The molecule has 0 unspecified atom stereocenters. The molecule has 8 nitrogen and oxygen atoms in total. The number of pyridine rings is 1. The highest BCUT2D eigenvalue weighted by molar-refractivity contribution is 6.30. The minimum Gasteiger partial charge on any atom is -0.446 e. The topological polar surface area (TPSA) is 89.8 Å². The number of likely N-dealkylation sites (N-methyl/N-ethyl adjacent to an activating group) is 1. The van der Waals surface area contributed by atoms with Gasteiger partial charge in [-0.3, -0.25) is 4.79 Å². The molecule has 9 heteroatoms. The van der Waals surface area contributed by atoms with Gasteiger partial charge in [-0.2, -0.15) is 5.26 Å². The summed E-state index contributed by atoms with van der Waals surface area (Å²) >= 11 is 6.17. The Morgan fingerprint density at radius 3 is 2.35 bits per heavy atom. The molecular weight excluding hydrogens is 526 g/mol. The van der Waals surface area contributed by atoms with Crippen LogP contribution in [0, 0.1) is 23.2 Å². The van der Waals surface area contributed by atoms with E-state index in [1.54, 1.807) is 24.2 Å². The van der Waals surface area contributed by atoms with Gasteiger partial charge in [0.15, 0.2) is 0 Å². The fourth-order valence-corrected chi connectivity index (χ4v) is 6.48. The van der Waals surface area contributed by atoms with Crippen molar-refractivity contribution in [2.24, 2.45) is 11.8 Å². The largest absolute Gasteiger partial charge is 0.446 e. The number of halogens is 1. The van der Waals surface area contributed by atoms with Crippen LogP contribution in [0.4, 0.5) is 10.6 Å². The lowest BCUT2D eigenvalue weighted by atomic mass is 9.89. The van der Waals surface area contributed by atoms with Crippen LogP contribution >= 0.6 is 11.6 Å². The Morgan fingerprint density at radius 2 is 1.73 bits per heavy atom. The molecule has 1 aromatic heterocycles. The van der Waals surface area contributed by atoms with Gasteiger partial charge in [0.2, 0.25) is 5.91 Å². The zero-order valence-corrected chi connectivity index (χ0v) is 24.1. The predicted octanol–water partition coefficient (Wildman–Crippen LogP) is 5.46. The second-order valence-electron chi connectivity index (χ2n) is 11.6. The average Bonchev–Trinajstić information content (AvgIpc) is 3.43. The van der Waals surface area contributed by atoms with Gasteiger partial charge in [-0.15, -0.1) is 0 Å². The lowest BCUT2D eigenvalue weighted by Gasteiger charge is -2.34. The normalized spacial score (nSPS) is 25.4. The SMILES string of the molecule is CC1CCC(OC(=O)N(C)[C@@H]2CN(C(=O)C3CCN(c4ccc(C#N)cn4)CC3)C[C@H]2c2ccc(Cl)cc2)CC1. The van der Waals surface area contributed by atoms with Crippen LogP contribution < -0.4 is 4.90 Å². The van der Waals surface area contributed by atoms with Crippen LogP contribution in [0.25, 0.3) is 0 Å². The number of rotatable bonds is 5. The summed E-state index contributed by atoms with van der Waals surface area (Å²) in [7, 11) is 1.80. The maximum atomic E-state index is 13.7. The van der Waals surface area contributed by atoms with E-state index in [1.165, 1.54) is 0 Å². The van der Waals surface area contributed by atoms with E-state index < -0.39 is 0 Å². The minimum atomic E-state index is -0.305. The number of aromatic nitrogens is 1. The number of piperidine rings is 1. The average molecular weight is 564 g/mol. The van der Waals surface area contributed by atoms with Crippen LogP contribution in [0.2, 0.25) is 5.02 Å². The second-order valence-corrected chi connectivity index (χ2v) is 12.1. The predicted molar refractivity (Wildman–Crippen MR) is 154 cm³/mol. The van der Waals surface area contributed by atoms with E-state index in [9.17, 15) is 9.59 Å². The summed E-state index contributed by atoms with van der Waals surface area (Å²) in [4.78, 5) is 37.2. The van der Waals surface area contributed by atoms with Crippen LogP contribution in [0.3, 0.4) is 0 Å². The highest BCUT2D eigenvalue weighted by atomic mass is 35.5. The first-order valence-corrected chi connectivity index (χ1v) is 14.8. The number of anilines is 1. The molecule has 3 aliphatic rings. The molecule has 2 saturated heterocycles. The van der Waals surface area contributed by atoms with Crippen molar-refractivity contribution in [1.82, 2.24) is 14.8 Å². The Kier molecular flexibility index (Phi) is 8.80. The van der Waals surface area contributed by atoms with E-state index in [2.05, 4.69) is 22.9 Å². The summed E-state index contributed by atoms with van der Waals surface area (Å²) in [5.74, 6) is 1.58. The first kappa shape index (κ1) is 28.2. The second kappa shape index (κ2) is 12.5. The molecule has 5 rings (SSSR count). The standard InChI is InChI=1S/C31H38ClN5O3/c1-21-3-10-26(11-4-21)40-31(39)35(2)28-20-37(19-27(28)23-6-8-25(32)9-7-23)30(38)24-13-15-36(16-14-24)29-12-5-22(17-33)18-34-29/h5-9,12,18,21,24,26-28H,3-4,10-11,13-16,19-20H2,1-2H3/t21?,26?,27-,28+/m0/s1. The van der Waals surface area contributed by atoms with E-state index in [0.717, 1.165) is 63.0 Å². The van der Waals surface area contributed by atoms with Crippen molar-refractivity contribution in [3.05, 3.63) is 58.7 Å². The Morgan fingerprint density at radius 1 is 1.02 bits per heavy atom. The minimum absolute atomic E-state index is 0.0203. The highest BCUT2D eigenvalue weighted by Crippen LogP contribution is 2.35. The summed E-state index contributed by atoms with van der Waals surface area (Å²) in [6.07, 6.45) is 6.72. The number of nitrogens with zero attached hydrogens (tertiary/aromatic N) is 5. The number of carbonyl (C=O) groups is 2. The molecule has 2 amide bonds. The number of ether oxygens (including phenoxy) is 1. The van der Waals surface area contributed by atoms with E-state index >= 15 is 0 Å². The number of benzene rings is 1. The molecule has 0 N–H and O–H groups in total. The molecule has 3 heterocycles. The van der Waals surface area contributed by atoms with Gasteiger partial charge in [-0.05, 0) is 74.3 Å². The van der Waals surface area contributed by atoms with Gasteiger partial charge in [-0.25, -0.2) is 9.78 Å². The van der Waals surface area contributed by atoms with Crippen molar-refractivity contribution >= 4 is 29.4 Å². The molecule has 1 aromatic carbocycles. The van der Waals surface area contributed by atoms with Crippen molar-refractivity contribution in [2.75, 3.05) is 38.1 Å². The maximum Gasteiger partial charge on any atom is 0.410 e. The van der Waals surface area contributed by atoms with Crippen molar-refractivity contribution in [3.8, 4) is 6.07 Å². The van der Waals surface area contributed by atoms with E-state index in [0.29, 0.717) is 29.6 Å².